The summed E-state index contributed by atoms with van der Waals surface area (Å²) >= 11 is 5.85. The van der Waals surface area contributed by atoms with Crippen molar-refractivity contribution in [3.05, 3.63) is 35.2 Å². The highest BCUT2D eigenvalue weighted by atomic mass is 35.5. The minimum absolute atomic E-state index is 0.101. The van der Waals surface area contributed by atoms with Crippen LogP contribution < -0.4 is 0 Å². The van der Waals surface area contributed by atoms with E-state index in [0.717, 1.165) is 5.56 Å². The number of nitrogens with zero attached hydrogens (tertiary/aromatic N) is 3. The van der Waals surface area contributed by atoms with Gasteiger partial charge in [0, 0.05) is 36.5 Å². The summed E-state index contributed by atoms with van der Waals surface area (Å²) in [6.07, 6.45) is 0.993. The number of halogens is 1. The lowest BCUT2D eigenvalue weighted by atomic mass is 9.90. The highest BCUT2D eigenvalue weighted by molar-refractivity contribution is 6.30. The van der Waals surface area contributed by atoms with Crippen LogP contribution in [0.1, 0.15) is 25.7 Å². The zero-order valence-electron chi connectivity index (χ0n) is 13.7. The molecule has 2 aromatic rings. The number of hydrogen-bond donors (Lipinski definition) is 1. The molecule has 1 amide bonds. The maximum atomic E-state index is 12.3. The van der Waals surface area contributed by atoms with Gasteiger partial charge in [-0.25, -0.2) is 0 Å². The van der Waals surface area contributed by atoms with E-state index in [1.165, 1.54) is 0 Å². The minimum Gasteiger partial charge on any atom is -0.481 e. The third-order valence-electron chi connectivity index (χ3n) is 4.47. The molecule has 0 unspecified atom stereocenters. The molecule has 0 aliphatic carbocycles. The van der Waals surface area contributed by atoms with Gasteiger partial charge in [-0.15, -0.1) is 0 Å². The third-order valence-corrected chi connectivity index (χ3v) is 4.72. The fourth-order valence-corrected chi connectivity index (χ4v) is 2.92. The van der Waals surface area contributed by atoms with Crippen molar-refractivity contribution in [3.63, 3.8) is 0 Å². The Balaban J connectivity index is 1.57. The molecule has 0 radical (unpaired) electrons. The monoisotopic (exact) mass is 363 g/mol. The average molecular weight is 364 g/mol. The van der Waals surface area contributed by atoms with Crippen LogP contribution in [0.4, 0.5) is 0 Å². The molecule has 0 saturated carbocycles. The molecule has 25 heavy (non-hydrogen) atoms. The maximum absolute atomic E-state index is 12.3. The summed E-state index contributed by atoms with van der Waals surface area (Å²) in [5.74, 6) is -0.152. The number of amides is 1. The van der Waals surface area contributed by atoms with Gasteiger partial charge < -0.3 is 14.5 Å². The van der Waals surface area contributed by atoms with Crippen LogP contribution in [-0.4, -0.2) is 45.1 Å². The largest absolute Gasteiger partial charge is 0.481 e. The fraction of sp³-hybridized carbons (Fsp3) is 0.412. The zero-order valence-corrected chi connectivity index (χ0v) is 14.5. The quantitative estimate of drug-likeness (QED) is 0.877. The lowest BCUT2D eigenvalue weighted by molar-refractivity contribution is -0.147. The van der Waals surface area contributed by atoms with Gasteiger partial charge in [0.05, 0.1) is 5.41 Å². The van der Waals surface area contributed by atoms with Crippen molar-refractivity contribution >= 4 is 23.5 Å². The van der Waals surface area contributed by atoms with Crippen LogP contribution in [0.15, 0.2) is 28.8 Å². The number of likely N-dealkylation sites (tertiary alicyclic amines) is 1. The average Bonchev–Trinajstić information content (AvgIpc) is 3.21. The van der Waals surface area contributed by atoms with Crippen LogP contribution >= 0.6 is 11.6 Å². The molecule has 8 heteroatoms. The van der Waals surface area contributed by atoms with Crippen LogP contribution in [0, 0.1) is 5.41 Å². The smallest absolute Gasteiger partial charge is 0.311 e. The summed E-state index contributed by atoms with van der Waals surface area (Å²) in [6.45, 7) is 2.36. The number of rotatable bonds is 5. The van der Waals surface area contributed by atoms with Crippen LogP contribution in [0.3, 0.4) is 0 Å². The molecular weight excluding hydrogens is 346 g/mol. The molecule has 1 aliphatic rings. The minimum atomic E-state index is -0.868. The SMILES string of the molecule is C[C@]1(C(=O)O)CCN(C(=O)CCc2nc(-c3ccc(Cl)cc3)no2)C1. The van der Waals surface area contributed by atoms with Gasteiger partial charge in [-0.1, -0.05) is 16.8 Å². The van der Waals surface area contributed by atoms with Crippen LogP contribution in [0.2, 0.25) is 5.02 Å². The Morgan fingerprint density at radius 3 is 2.72 bits per heavy atom. The van der Waals surface area contributed by atoms with Gasteiger partial charge in [-0.2, -0.15) is 4.98 Å². The second-order valence-corrected chi connectivity index (χ2v) is 6.89. The van der Waals surface area contributed by atoms with E-state index >= 15 is 0 Å². The molecule has 1 aromatic heterocycles. The number of hydrogen-bond acceptors (Lipinski definition) is 5. The van der Waals surface area contributed by atoms with Crippen LogP contribution in [-0.2, 0) is 16.0 Å². The highest BCUT2D eigenvalue weighted by Gasteiger charge is 2.41. The molecule has 1 N–H and O–H groups in total. The molecule has 0 spiro atoms. The maximum Gasteiger partial charge on any atom is 0.311 e. The number of aryl methyl sites for hydroxylation is 1. The highest BCUT2D eigenvalue weighted by Crippen LogP contribution is 2.30. The third kappa shape index (κ3) is 3.82. The van der Waals surface area contributed by atoms with E-state index in [9.17, 15) is 14.7 Å². The van der Waals surface area contributed by atoms with Gasteiger partial charge in [-0.3, -0.25) is 9.59 Å². The Bertz CT molecular complexity index is 789. The summed E-state index contributed by atoms with van der Waals surface area (Å²) in [6, 6.07) is 7.06. The Hall–Kier alpha value is -2.41. The summed E-state index contributed by atoms with van der Waals surface area (Å²) in [4.78, 5) is 29.4. The van der Waals surface area contributed by atoms with Crippen molar-refractivity contribution in [3.8, 4) is 11.4 Å². The van der Waals surface area contributed by atoms with Crippen molar-refractivity contribution in [2.45, 2.75) is 26.2 Å². The zero-order chi connectivity index (χ0) is 18.0. The molecule has 1 atom stereocenters. The Kier molecular flexibility index (Phi) is 4.76. The standard InChI is InChI=1S/C17H18ClN3O4/c1-17(16(23)24)8-9-21(10-17)14(22)7-6-13-19-15(20-25-13)11-2-4-12(18)5-3-11/h2-5H,6-10H2,1H3,(H,23,24)/t17-/m0/s1. The summed E-state index contributed by atoms with van der Waals surface area (Å²) in [5.41, 5.74) is -0.0791. The van der Waals surface area contributed by atoms with E-state index in [1.54, 1.807) is 36.1 Å². The van der Waals surface area contributed by atoms with Gasteiger partial charge in [0.25, 0.3) is 0 Å². The van der Waals surface area contributed by atoms with E-state index in [-0.39, 0.29) is 18.9 Å². The first-order valence-electron chi connectivity index (χ1n) is 7.97. The first-order chi connectivity index (χ1) is 11.9. The molecule has 3 rings (SSSR count). The van der Waals surface area contributed by atoms with E-state index in [0.29, 0.717) is 36.1 Å². The van der Waals surface area contributed by atoms with Gasteiger partial charge in [0.15, 0.2) is 0 Å². The number of aromatic nitrogens is 2. The van der Waals surface area contributed by atoms with Crippen LogP contribution in [0.5, 0.6) is 0 Å². The number of carbonyl (C=O) groups is 2. The van der Waals surface area contributed by atoms with Crippen molar-refractivity contribution in [2.75, 3.05) is 13.1 Å². The molecule has 1 aliphatic heterocycles. The number of carboxylic acids is 1. The summed E-state index contributed by atoms with van der Waals surface area (Å²) in [7, 11) is 0. The molecule has 0 bridgehead atoms. The Morgan fingerprint density at radius 2 is 2.08 bits per heavy atom. The number of aliphatic carboxylic acids is 1. The first-order valence-corrected chi connectivity index (χ1v) is 8.35. The molecule has 1 saturated heterocycles. The summed E-state index contributed by atoms with van der Waals surface area (Å²) in [5, 5.41) is 13.8. The second-order valence-electron chi connectivity index (χ2n) is 6.45. The molecule has 1 aromatic carbocycles. The molecule has 1 fully saturated rings. The van der Waals surface area contributed by atoms with E-state index in [2.05, 4.69) is 10.1 Å². The lowest BCUT2D eigenvalue weighted by Crippen LogP contribution is -2.34. The Labute approximate surface area is 149 Å². The van der Waals surface area contributed by atoms with Crippen molar-refractivity contribution < 1.29 is 19.2 Å². The van der Waals surface area contributed by atoms with Crippen molar-refractivity contribution in [2.24, 2.45) is 5.41 Å². The normalized spacial score (nSPS) is 20.0. The van der Waals surface area contributed by atoms with Crippen molar-refractivity contribution in [1.29, 1.82) is 0 Å². The topological polar surface area (TPSA) is 96.5 Å². The number of carbonyl (C=O) groups excluding carboxylic acids is 1. The molecule has 132 valence electrons. The lowest BCUT2D eigenvalue weighted by Gasteiger charge is -2.19. The predicted molar refractivity (Wildman–Crippen MR) is 90.0 cm³/mol. The second kappa shape index (κ2) is 6.84. The van der Waals surface area contributed by atoms with E-state index in [1.807, 2.05) is 0 Å². The number of carboxylic acid groups (broad SMARTS) is 1. The molecule has 2 heterocycles. The van der Waals surface area contributed by atoms with Crippen molar-refractivity contribution in [1.82, 2.24) is 15.0 Å². The molecular formula is C17H18ClN3O4. The van der Waals surface area contributed by atoms with Gasteiger partial charge in [0.2, 0.25) is 17.6 Å². The van der Waals surface area contributed by atoms with Gasteiger partial charge in [0.1, 0.15) is 0 Å². The van der Waals surface area contributed by atoms with E-state index < -0.39 is 11.4 Å². The van der Waals surface area contributed by atoms with E-state index in [4.69, 9.17) is 16.1 Å². The predicted octanol–water partition coefficient (Wildman–Crippen LogP) is 2.65. The summed E-state index contributed by atoms with van der Waals surface area (Å²) < 4.78 is 5.18. The fourth-order valence-electron chi connectivity index (χ4n) is 2.79. The number of benzene rings is 1. The van der Waals surface area contributed by atoms with Gasteiger partial charge in [-0.05, 0) is 37.6 Å². The molecule has 7 nitrogen and oxygen atoms in total. The Morgan fingerprint density at radius 1 is 1.36 bits per heavy atom. The van der Waals surface area contributed by atoms with Crippen LogP contribution in [0.25, 0.3) is 11.4 Å². The van der Waals surface area contributed by atoms with Gasteiger partial charge >= 0.3 is 5.97 Å². The first kappa shape index (κ1) is 17.4.